The highest BCUT2D eigenvalue weighted by Crippen LogP contribution is 2.33. The van der Waals surface area contributed by atoms with Gasteiger partial charge in [0.2, 0.25) is 0 Å². The van der Waals surface area contributed by atoms with Gasteiger partial charge in [-0.1, -0.05) is 19.4 Å². The smallest absolute Gasteiger partial charge is 0.131 e. The van der Waals surface area contributed by atoms with Crippen LogP contribution < -0.4 is 10.5 Å². The summed E-state index contributed by atoms with van der Waals surface area (Å²) in [5.41, 5.74) is 6.46. The van der Waals surface area contributed by atoms with Gasteiger partial charge in [-0.05, 0) is 43.6 Å². The third-order valence-electron chi connectivity index (χ3n) is 3.79. The fourth-order valence-electron chi connectivity index (χ4n) is 2.67. The van der Waals surface area contributed by atoms with Crippen LogP contribution in [-0.4, -0.2) is 18.2 Å². The van der Waals surface area contributed by atoms with E-state index in [-0.39, 0.29) is 11.9 Å². The minimum atomic E-state index is 0.0865. The molecular weight excluding hydrogens is 256 g/mol. The molecule has 0 radical (unpaired) electrons. The molecule has 3 nitrogen and oxygen atoms in total. The van der Waals surface area contributed by atoms with E-state index in [4.69, 9.17) is 15.9 Å². The molecule has 1 aromatic carbocycles. The van der Waals surface area contributed by atoms with Crippen LogP contribution in [0.3, 0.4) is 0 Å². The molecule has 0 saturated heterocycles. The van der Waals surface area contributed by atoms with Crippen molar-refractivity contribution >= 4 is 17.6 Å². The van der Waals surface area contributed by atoms with Crippen molar-refractivity contribution in [2.75, 3.05) is 6.26 Å². The number of thioether (sulfide) groups is 1. The van der Waals surface area contributed by atoms with Gasteiger partial charge in [0, 0.05) is 4.90 Å². The molecule has 0 aliphatic heterocycles. The fraction of sp³-hybridized carbons (Fsp3) is 0.533. The summed E-state index contributed by atoms with van der Waals surface area (Å²) in [7, 11) is 0. The summed E-state index contributed by atoms with van der Waals surface area (Å²) >= 11 is 1.60. The molecular formula is C15H22N2OS. The van der Waals surface area contributed by atoms with E-state index in [2.05, 4.69) is 6.92 Å². The van der Waals surface area contributed by atoms with Gasteiger partial charge < -0.3 is 10.5 Å². The van der Waals surface area contributed by atoms with Gasteiger partial charge >= 0.3 is 0 Å². The summed E-state index contributed by atoms with van der Waals surface area (Å²) in [6.45, 7) is 2.25. The highest BCUT2D eigenvalue weighted by molar-refractivity contribution is 7.98. The van der Waals surface area contributed by atoms with Crippen molar-refractivity contribution < 1.29 is 4.74 Å². The summed E-state index contributed by atoms with van der Waals surface area (Å²) in [6.07, 6.45) is 7.10. The van der Waals surface area contributed by atoms with Crippen molar-refractivity contribution in [3.8, 4) is 5.75 Å². The predicted molar refractivity (Wildman–Crippen MR) is 81.3 cm³/mol. The third kappa shape index (κ3) is 3.24. The molecule has 1 fully saturated rings. The molecule has 1 saturated carbocycles. The number of hydrogen-bond acceptors (Lipinski definition) is 3. The molecule has 0 spiro atoms. The van der Waals surface area contributed by atoms with Crippen molar-refractivity contribution in [2.45, 2.75) is 43.6 Å². The highest BCUT2D eigenvalue weighted by atomic mass is 32.2. The van der Waals surface area contributed by atoms with E-state index < -0.39 is 0 Å². The lowest BCUT2D eigenvalue weighted by molar-refractivity contribution is 0.102. The van der Waals surface area contributed by atoms with Crippen molar-refractivity contribution in [3.05, 3.63) is 23.8 Å². The Hall–Kier alpha value is -1.16. The average Bonchev–Trinajstić information content (AvgIpc) is 2.40. The number of ether oxygens (including phenoxy) is 1. The highest BCUT2D eigenvalue weighted by Gasteiger charge is 2.24. The van der Waals surface area contributed by atoms with Crippen LogP contribution in [0.4, 0.5) is 0 Å². The van der Waals surface area contributed by atoms with E-state index >= 15 is 0 Å². The summed E-state index contributed by atoms with van der Waals surface area (Å²) in [5, 5.41) is 7.77. The standard InChI is InChI=1S/C15H22N2OS/c1-10-6-3-4-7-11(10)18-12-8-5-9-13(19-2)14(12)15(16)17/h5,8-11H,3-4,6-7H2,1-2H3,(H3,16,17). The number of amidine groups is 1. The Bertz CT molecular complexity index is 461. The second kappa shape index (κ2) is 6.33. The largest absolute Gasteiger partial charge is 0.489 e. The molecule has 1 aliphatic rings. The van der Waals surface area contributed by atoms with Gasteiger partial charge in [-0.3, -0.25) is 5.41 Å². The monoisotopic (exact) mass is 278 g/mol. The summed E-state index contributed by atoms with van der Waals surface area (Å²) < 4.78 is 6.17. The topological polar surface area (TPSA) is 59.1 Å². The first-order chi connectivity index (χ1) is 9.13. The molecule has 104 valence electrons. The normalized spacial score (nSPS) is 23.1. The van der Waals surface area contributed by atoms with Crippen molar-refractivity contribution in [3.63, 3.8) is 0 Å². The van der Waals surface area contributed by atoms with Gasteiger partial charge in [0.15, 0.2) is 0 Å². The van der Waals surface area contributed by atoms with Gasteiger partial charge in [-0.15, -0.1) is 11.8 Å². The summed E-state index contributed by atoms with van der Waals surface area (Å²) in [5.74, 6) is 1.42. The van der Waals surface area contributed by atoms with E-state index in [0.717, 1.165) is 22.6 Å². The number of nitrogens with two attached hydrogens (primary N) is 1. The first kappa shape index (κ1) is 14.3. The zero-order chi connectivity index (χ0) is 13.8. The lowest BCUT2D eigenvalue weighted by Gasteiger charge is -2.30. The minimum Gasteiger partial charge on any atom is -0.489 e. The van der Waals surface area contributed by atoms with Gasteiger partial charge in [-0.25, -0.2) is 0 Å². The lowest BCUT2D eigenvalue weighted by atomic mass is 9.88. The first-order valence-electron chi connectivity index (χ1n) is 6.81. The van der Waals surface area contributed by atoms with Crippen LogP contribution in [0.2, 0.25) is 0 Å². The molecule has 0 amide bonds. The Morgan fingerprint density at radius 2 is 2.11 bits per heavy atom. The van der Waals surface area contributed by atoms with Gasteiger partial charge in [0.1, 0.15) is 17.7 Å². The van der Waals surface area contributed by atoms with E-state index in [0.29, 0.717) is 5.92 Å². The van der Waals surface area contributed by atoms with E-state index in [1.54, 1.807) is 11.8 Å². The third-order valence-corrected chi connectivity index (χ3v) is 4.57. The van der Waals surface area contributed by atoms with Crippen molar-refractivity contribution in [1.82, 2.24) is 0 Å². The Morgan fingerprint density at radius 3 is 2.74 bits per heavy atom. The molecule has 2 rings (SSSR count). The Kier molecular flexibility index (Phi) is 4.75. The lowest BCUT2D eigenvalue weighted by Crippen LogP contribution is -2.29. The van der Waals surface area contributed by atoms with Gasteiger partial charge in [0.05, 0.1) is 5.56 Å². The second-order valence-electron chi connectivity index (χ2n) is 5.17. The molecule has 0 bridgehead atoms. The summed E-state index contributed by atoms with van der Waals surface area (Å²) in [4.78, 5) is 1.01. The number of nitrogens with one attached hydrogen (secondary N) is 1. The predicted octanol–water partition coefficient (Wildman–Crippen LogP) is 3.65. The Morgan fingerprint density at radius 1 is 1.37 bits per heavy atom. The molecule has 0 heterocycles. The van der Waals surface area contributed by atoms with E-state index in [9.17, 15) is 0 Å². The van der Waals surface area contributed by atoms with E-state index in [1.165, 1.54) is 19.3 Å². The molecule has 19 heavy (non-hydrogen) atoms. The molecule has 1 aromatic rings. The summed E-state index contributed by atoms with van der Waals surface area (Å²) in [6, 6.07) is 5.89. The number of rotatable bonds is 4. The maximum atomic E-state index is 7.77. The van der Waals surface area contributed by atoms with Gasteiger partial charge in [-0.2, -0.15) is 0 Å². The van der Waals surface area contributed by atoms with Crippen LogP contribution in [0.25, 0.3) is 0 Å². The maximum Gasteiger partial charge on any atom is 0.131 e. The van der Waals surface area contributed by atoms with Gasteiger partial charge in [0.25, 0.3) is 0 Å². The maximum absolute atomic E-state index is 7.77. The first-order valence-corrected chi connectivity index (χ1v) is 8.04. The van der Waals surface area contributed by atoms with Crippen LogP contribution >= 0.6 is 11.8 Å². The average molecular weight is 278 g/mol. The van der Waals surface area contributed by atoms with E-state index in [1.807, 2.05) is 24.5 Å². The molecule has 0 aromatic heterocycles. The molecule has 1 aliphatic carbocycles. The Balaban J connectivity index is 2.26. The molecule has 3 N–H and O–H groups in total. The molecule has 4 heteroatoms. The second-order valence-corrected chi connectivity index (χ2v) is 6.01. The fourth-order valence-corrected chi connectivity index (χ4v) is 3.29. The zero-order valence-corrected chi connectivity index (χ0v) is 12.4. The van der Waals surface area contributed by atoms with Crippen LogP contribution in [0, 0.1) is 11.3 Å². The number of nitrogen functional groups attached to an aromatic ring is 1. The van der Waals surface area contributed by atoms with Crippen molar-refractivity contribution in [1.29, 1.82) is 5.41 Å². The zero-order valence-electron chi connectivity index (χ0n) is 11.6. The van der Waals surface area contributed by atoms with Crippen LogP contribution in [0.5, 0.6) is 5.75 Å². The molecule has 2 unspecified atom stereocenters. The SMILES string of the molecule is CSc1cccc(OC2CCCCC2C)c1C(=N)N. The number of benzene rings is 1. The Labute approximate surface area is 119 Å². The minimum absolute atomic E-state index is 0.0865. The number of hydrogen-bond donors (Lipinski definition) is 2. The van der Waals surface area contributed by atoms with Crippen LogP contribution in [0.15, 0.2) is 23.1 Å². The van der Waals surface area contributed by atoms with Crippen molar-refractivity contribution in [2.24, 2.45) is 11.7 Å². The molecule has 2 atom stereocenters. The van der Waals surface area contributed by atoms with Crippen LogP contribution in [-0.2, 0) is 0 Å². The van der Waals surface area contributed by atoms with Crippen LogP contribution in [0.1, 0.15) is 38.2 Å². The quantitative estimate of drug-likeness (QED) is 0.502.